The largest absolute Gasteiger partial charge is 0.493 e. The van der Waals surface area contributed by atoms with Crippen LogP contribution in [0.15, 0.2) is 30.9 Å². The van der Waals surface area contributed by atoms with Crippen molar-refractivity contribution in [2.75, 3.05) is 6.61 Å². The lowest BCUT2D eigenvalue weighted by molar-refractivity contribution is -0.145. The number of nitrogens with zero attached hydrogens (tertiary/aromatic N) is 2. The monoisotopic (exact) mass is 648 g/mol. The molecule has 252 valence electrons. The van der Waals surface area contributed by atoms with Crippen LogP contribution < -0.4 is 16.7 Å². The summed E-state index contributed by atoms with van der Waals surface area (Å²) in [5.74, 6) is -1.13. The van der Waals surface area contributed by atoms with E-state index in [2.05, 4.69) is 33.8 Å². The van der Waals surface area contributed by atoms with Crippen LogP contribution in [0.1, 0.15) is 102 Å². The maximum Gasteiger partial charge on any atom is 0.337 e. The van der Waals surface area contributed by atoms with Crippen LogP contribution in [-0.4, -0.2) is 43.4 Å². The molecule has 2 aliphatic rings. The molecule has 0 saturated heterocycles. The van der Waals surface area contributed by atoms with E-state index >= 15 is 0 Å². The van der Waals surface area contributed by atoms with Crippen LogP contribution in [0.4, 0.5) is 8.78 Å². The minimum absolute atomic E-state index is 0.0118. The molecule has 5 rings (SSSR count). The van der Waals surface area contributed by atoms with E-state index in [1.807, 2.05) is 0 Å². The third-order valence-corrected chi connectivity index (χ3v) is 8.09. The summed E-state index contributed by atoms with van der Waals surface area (Å²) in [6, 6.07) is 2.21. The number of rotatable bonds is 13. The molecule has 0 unspecified atom stereocenters. The molecule has 0 bridgehead atoms. The second-order valence-corrected chi connectivity index (χ2v) is 12.4. The third kappa shape index (κ3) is 11.9. The molecule has 0 amide bonds. The van der Waals surface area contributed by atoms with Crippen molar-refractivity contribution < 1.29 is 32.6 Å². The number of ether oxygens (including phenoxy) is 1. The maximum atomic E-state index is 12.6. The van der Waals surface area contributed by atoms with Gasteiger partial charge in [-0.25, -0.2) is 13.6 Å². The molecule has 3 aromatic heterocycles. The van der Waals surface area contributed by atoms with Gasteiger partial charge in [0.1, 0.15) is 42.6 Å². The van der Waals surface area contributed by atoms with Crippen LogP contribution in [0.25, 0.3) is 11.1 Å². The molecule has 0 radical (unpaired) electrons. The van der Waals surface area contributed by atoms with E-state index in [9.17, 15) is 32.8 Å². The molecule has 3 N–H and O–H groups in total. The highest BCUT2D eigenvalue weighted by molar-refractivity contribution is 5.95. The number of nitrogens with one attached hydrogen (secondary N) is 2. The Morgan fingerprint density at radius 2 is 1.57 bits per heavy atom. The molecule has 2 aliphatic carbocycles. The van der Waals surface area contributed by atoms with Crippen LogP contribution in [-0.2, 0) is 34.1 Å². The molecule has 2 saturated carbocycles. The predicted molar refractivity (Wildman–Crippen MR) is 165 cm³/mol. The van der Waals surface area contributed by atoms with Crippen molar-refractivity contribution in [1.82, 2.24) is 19.9 Å². The van der Waals surface area contributed by atoms with Crippen molar-refractivity contribution >= 4 is 22.9 Å². The summed E-state index contributed by atoms with van der Waals surface area (Å²) >= 11 is 0. The number of H-pyrrole nitrogens is 2. The van der Waals surface area contributed by atoms with Crippen LogP contribution >= 0.6 is 0 Å². The van der Waals surface area contributed by atoms with E-state index in [0.29, 0.717) is 35.8 Å². The van der Waals surface area contributed by atoms with Gasteiger partial charge in [-0.1, -0.05) is 13.8 Å². The molecular weight excluding hydrogens is 606 g/mol. The van der Waals surface area contributed by atoms with E-state index in [4.69, 9.17) is 14.3 Å². The van der Waals surface area contributed by atoms with Crippen LogP contribution in [0.3, 0.4) is 0 Å². The first-order chi connectivity index (χ1) is 21.8. The lowest BCUT2D eigenvalue weighted by Crippen LogP contribution is -2.16. The van der Waals surface area contributed by atoms with E-state index in [-0.39, 0.29) is 40.9 Å². The molecule has 14 heteroatoms. The Hall–Kier alpha value is -4.23. The number of alkyl halides is 2. The fourth-order valence-electron chi connectivity index (χ4n) is 4.82. The van der Waals surface area contributed by atoms with E-state index < -0.39 is 36.0 Å². The van der Waals surface area contributed by atoms with E-state index in [0.717, 1.165) is 31.7 Å². The topological polar surface area (TPSA) is 185 Å². The number of aromatic amines is 2. The number of fused-ring (bicyclic) bond motifs is 1. The van der Waals surface area contributed by atoms with Gasteiger partial charge in [-0.15, -0.1) is 0 Å². The Morgan fingerprint density at radius 3 is 2.13 bits per heavy atom. The Kier molecular flexibility index (Phi) is 12.9. The second-order valence-electron chi connectivity index (χ2n) is 12.4. The van der Waals surface area contributed by atoms with Gasteiger partial charge >= 0.3 is 11.6 Å². The first kappa shape index (κ1) is 36.2. The SMILES string of the molecule is CC1(CCCc2cc(=O)oc3nc(CF)[nH]c(=O)c23)CC1.CCOC(=O)CC(=O)CCCC1(C)CC1.O=c1cc(O)nc(CF)[nH]1. The van der Waals surface area contributed by atoms with E-state index in [1.54, 1.807) is 6.92 Å². The normalized spacial score (nSPS) is 15.2. The quantitative estimate of drug-likeness (QED) is 0.170. The zero-order valence-corrected chi connectivity index (χ0v) is 26.5. The fraction of sp³-hybridized carbons (Fsp3) is 0.594. The highest BCUT2D eigenvalue weighted by Gasteiger charge is 2.36. The molecule has 0 atom stereocenters. The van der Waals surface area contributed by atoms with Crippen LogP contribution in [0.2, 0.25) is 0 Å². The zero-order valence-electron chi connectivity index (χ0n) is 26.5. The molecule has 3 heterocycles. The summed E-state index contributed by atoms with van der Waals surface area (Å²) in [6.45, 7) is 4.80. The molecule has 0 aliphatic heterocycles. The summed E-state index contributed by atoms with van der Waals surface area (Å²) in [5.41, 5.74) is -0.0793. The first-order valence-corrected chi connectivity index (χ1v) is 15.4. The number of hydrogen-bond acceptors (Lipinski definition) is 10. The van der Waals surface area contributed by atoms with Crippen molar-refractivity contribution in [1.29, 1.82) is 0 Å². The van der Waals surface area contributed by atoms with Crippen LogP contribution in [0, 0.1) is 10.8 Å². The number of carbonyl (C=O) groups excluding carboxylic acids is 2. The average molecular weight is 649 g/mol. The van der Waals surface area contributed by atoms with Gasteiger partial charge in [0.2, 0.25) is 11.6 Å². The summed E-state index contributed by atoms with van der Waals surface area (Å²) in [4.78, 5) is 68.0. The van der Waals surface area contributed by atoms with Crippen molar-refractivity contribution in [3.05, 3.63) is 60.5 Å². The van der Waals surface area contributed by atoms with Gasteiger partial charge in [-0.3, -0.25) is 19.2 Å². The van der Waals surface area contributed by atoms with Crippen LogP contribution in [0.5, 0.6) is 5.88 Å². The minimum atomic E-state index is -0.905. The first-order valence-electron chi connectivity index (χ1n) is 15.4. The van der Waals surface area contributed by atoms with Crippen molar-refractivity contribution in [2.45, 2.75) is 105 Å². The number of esters is 1. The number of halogens is 2. The summed E-state index contributed by atoms with van der Waals surface area (Å²) < 4.78 is 34.0. The van der Waals surface area contributed by atoms with E-state index in [1.165, 1.54) is 31.7 Å². The van der Waals surface area contributed by atoms with Gasteiger partial charge in [-0.05, 0) is 81.1 Å². The summed E-state index contributed by atoms with van der Waals surface area (Å²) in [5, 5.41) is 8.88. The lowest BCUT2D eigenvalue weighted by atomic mass is 9.98. The van der Waals surface area contributed by atoms with Gasteiger partial charge < -0.3 is 24.2 Å². The van der Waals surface area contributed by atoms with Crippen molar-refractivity contribution in [3.63, 3.8) is 0 Å². The Morgan fingerprint density at radius 1 is 0.957 bits per heavy atom. The number of aromatic nitrogens is 4. The standard InChI is InChI=1S/C15H17FN2O3.C12H20O3.C5H5FN2O2/c1-15(5-6-15)4-2-3-9-7-11(19)21-14-12(9)13(20)17-10(8-16)18-14;1-3-15-11(14)9-10(13)5-4-6-12(2)7-8-12;6-2-3-7-4(9)1-5(10)8-3/h7H,2-6,8H2,1H3,(H,17,18,20);3-9H2,1-2H3;1H,2H2,(H2,7,8,9,10). The Balaban J connectivity index is 0.000000202. The smallest absolute Gasteiger partial charge is 0.337 e. The third-order valence-electron chi connectivity index (χ3n) is 8.09. The second kappa shape index (κ2) is 16.4. The number of aryl methyl sites for hydroxylation is 1. The summed E-state index contributed by atoms with van der Waals surface area (Å²) in [6.07, 6.45) is 10.2. The van der Waals surface area contributed by atoms with Crippen molar-refractivity contribution in [3.8, 4) is 5.88 Å². The molecule has 0 aromatic carbocycles. The summed E-state index contributed by atoms with van der Waals surface area (Å²) in [7, 11) is 0. The number of aromatic hydroxyl groups is 1. The highest BCUT2D eigenvalue weighted by Crippen LogP contribution is 2.49. The van der Waals surface area contributed by atoms with Gasteiger partial charge in [0, 0.05) is 12.5 Å². The molecule has 12 nitrogen and oxygen atoms in total. The van der Waals surface area contributed by atoms with Gasteiger partial charge in [0.25, 0.3) is 11.1 Å². The molecular formula is C32H42F2N4O8. The number of carbonyl (C=O) groups is 2. The number of hydrogen-bond donors (Lipinski definition) is 3. The van der Waals surface area contributed by atoms with Gasteiger partial charge in [0.15, 0.2) is 0 Å². The maximum absolute atomic E-state index is 12.6. The molecule has 0 spiro atoms. The number of ketones is 1. The lowest BCUT2D eigenvalue weighted by Gasteiger charge is -2.08. The van der Waals surface area contributed by atoms with Gasteiger partial charge in [-0.2, -0.15) is 9.97 Å². The highest BCUT2D eigenvalue weighted by atomic mass is 19.1. The van der Waals surface area contributed by atoms with Gasteiger partial charge in [0.05, 0.1) is 12.7 Å². The predicted octanol–water partition coefficient (Wildman–Crippen LogP) is 4.89. The minimum Gasteiger partial charge on any atom is -0.493 e. The number of Topliss-reactive ketones (excluding diaryl/α,β-unsaturated/α-hetero) is 1. The fourth-order valence-corrected chi connectivity index (χ4v) is 4.82. The molecule has 3 aromatic rings. The average Bonchev–Trinajstić information content (AvgIpc) is 3.91. The molecule has 46 heavy (non-hydrogen) atoms. The van der Waals surface area contributed by atoms with Crippen molar-refractivity contribution in [2.24, 2.45) is 10.8 Å². The zero-order chi connectivity index (χ0) is 33.9. The molecule has 2 fully saturated rings. The Labute approximate surface area is 264 Å². The Bertz CT molecular complexity index is 1680.